The number of sulfonamides is 1. The normalized spacial score (nSPS) is 20.2. The van der Waals surface area contributed by atoms with Gasteiger partial charge in [0.1, 0.15) is 17.5 Å². The van der Waals surface area contributed by atoms with Crippen LogP contribution < -0.4 is 4.90 Å². The van der Waals surface area contributed by atoms with Crippen LogP contribution in [0.4, 0.5) is 18.9 Å². The van der Waals surface area contributed by atoms with Crippen LogP contribution >= 0.6 is 0 Å². The third-order valence-corrected chi connectivity index (χ3v) is 7.76. The van der Waals surface area contributed by atoms with E-state index in [-0.39, 0.29) is 49.1 Å². The fourth-order valence-electron chi connectivity index (χ4n) is 4.19. The second kappa shape index (κ2) is 9.14. The van der Waals surface area contributed by atoms with Gasteiger partial charge < -0.3 is 9.80 Å². The van der Waals surface area contributed by atoms with E-state index in [1.165, 1.54) is 26.2 Å². The zero-order valence-corrected chi connectivity index (χ0v) is 18.4. The molecule has 176 valence electrons. The molecule has 0 aliphatic carbocycles. The maximum atomic E-state index is 13.6. The molecule has 0 bridgehead atoms. The summed E-state index contributed by atoms with van der Waals surface area (Å²) in [6.07, 6.45) is 0.302. The van der Waals surface area contributed by atoms with E-state index >= 15 is 0 Å². The van der Waals surface area contributed by atoms with Crippen LogP contribution in [-0.2, 0) is 19.6 Å². The van der Waals surface area contributed by atoms with Crippen molar-refractivity contribution in [1.29, 1.82) is 0 Å². The van der Waals surface area contributed by atoms with Crippen LogP contribution in [0.5, 0.6) is 0 Å². The highest BCUT2D eigenvalue weighted by Gasteiger charge is 2.38. The van der Waals surface area contributed by atoms with Gasteiger partial charge in [-0.2, -0.15) is 4.31 Å². The largest absolute Gasteiger partial charge is 0.341 e. The summed E-state index contributed by atoms with van der Waals surface area (Å²) in [5, 5.41) is 0. The number of carbonyl (C=O) groups excluding carboxylic acids is 2. The number of hydrogen-bond acceptors (Lipinski definition) is 4. The first-order chi connectivity index (χ1) is 15.6. The maximum Gasteiger partial charge on any atom is 0.243 e. The highest BCUT2D eigenvalue weighted by atomic mass is 32.2. The molecule has 0 N–H and O–H groups in total. The van der Waals surface area contributed by atoms with E-state index in [1.54, 1.807) is 0 Å². The molecule has 2 heterocycles. The van der Waals surface area contributed by atoms with Crippen molar-refractivity contribution >= 4 is 27.5 Å². The fourth-order valence-corrected chi connectivity index (χ4v) is 5.66. The number of amides is 2. The highest BCUT2D eigenvalue weighted by Crippen LogP contribution is 2.28. The zero-order chi connectivity index (χ0) is 23.8. The van der Waals surface area contributed by atoms with E-state index in [0.29, 0.717) is 19.0 Å². The van der Waals surface area contributed by atoms with E-state index in [0.717, 1.165) is 24.3 Å². The van der Waals surface area contributed by atoms with Crippen molar-refractivity contribution in [2.24, 2.45) is 5.92 Å². The van der Waals surface area contributed by atoms with Crippen molar-refractivity contribution in [3.63, 3.8) is 0 Å². The molecule has 2 aliphatic rings. The summed E-state index contributed by atoms with van der Waals surface area (Å²) in [4.78, 5) is 28.2. The van der Waals surface area contributed by atoms with Gasteiger partial charge in [0.25, 0.3) is 0 Å². The molecule has 0 radical (unpaired) electrons. The number of anilines is 1. The van der Waals surface area contributed by atoms with Gasteiger partial charge in [-0.3, -0.25) is 9.59 Å². The molecule has 33 heavy (non-hydrogen) atoms. The molecule has 1 unspecified atom stereocenters. The first-order valence-corrected chi connectivity index (χ1v) is 11.9. The van der Waals surface area contributed by atoms with E-state index in [9.17, 15) is 31.2 Å². The van der Waals surface area contributed by atoms with Gasteiger partial charge in [0.15, 0.2) is 0 Å². The van der Waals surface area contributed by atoms with Crippen LogP contribution in [0.25, 0.3) is 0 Å². The topological polar surface area (TPSA) is 78.0 Å². The Labute approximate surface area is 189 Å². The lowest BCUT2D eigenvalue weighted by Crippen LogP contribution is -2.40. The van der Waals surface area contributed by atoms with Crippen LogP contribution in [-0.4, -0.2) is 62.2 Å². The molecule has 2 fully saturated rings. The predicted molar refractivity (Wildman–Crippen MR) is 113 cm³/mol. The minimum atomic E-state index is -3.84. The molecule has 4 rings (SSSR count). The second-order valence-electron chi connectivity index (χ2n) is 8.07. The van der Waals surface area contributed by atoms with E-state index < -0.39 is 39.3 Å². The maximum absolute atomic E-state index is 13.6. The number of hydrogen-bond donors (Lipinski definition) is 0. The van der Waals surface area contributed by atoms with Gasteiger partial charge in [-0.15, -0.1) is 0 Å². The summed E-state index contributed by atoms with van der Waals surface area (Å²) in [5.74, 6) is -3.57. The van der Waals surface area contributed by atoms with Gasteiger partial charge in [-0.25, -0.2) is 21.6 Å². The SMILES string of the molecule is O=C(C1CC(=O)N(c2cc(F)cc(F)c2)C1)N1CCCN(S(=O)(=O)c2ccc(F)cc2)CC1. The number of halogens is 3. The van der Waals surface area contributed by atoms with Crippen molar-refractivity contribution in [3.8, 4) is 0 Å². The van der Waals surface area contributed by atoms with Crippen LogP contribution in [0, 0.1) is 23.4 Å². The number of benzene rings is 2. The fraction of sp³-hybridized carbons (Fsp3) is 0.364. The van der Waals surface area contributed by atoms with Crippen LogP contribution in [0.3, 0.4) is 0 Å². The molecule has 11 heteroatoms. The molecule has 2 amide bonds. The van der Waals surface area contributed by atoms with Crippen molar-refractivity contribution < 1.29 is 31.2 Å². The van der Waals surface area contributed by atoms with Crippen LogP contribution in [0.2, 0.25) is 0 Å². The Morgan fingerprint density at radius 3 is 2.21 bits per heavy atom. The van der Waals surface area contributed by atoms with E-state index in [1.807, 2.05) is 0 Å². The Balaban J connectivity index is 1.42. The lowest BCUT2D eigenvalue weighted by molar-refractivity contribution is -0.135. The summed E-state index contributed by atoms with van der Waals surface area (Å²) in [7, 11) is -3.84. The Hall–Kier alpha value is -2.92. The van der Waals surface area contributed by atoms with Gasteiger partial charge in [-0.05, 0) is 42.8 Å². The van der Waals surface area contributed by atoms with Crippen molar-refractivity contribution in [2.45, 2.75) is 17.7 Å². The molecular formula is C22H22F3N3O4S. The first-order valence-electron chi connectivity index (χ1n) is 10.5. The van der Waals surface area contributed by atoms with Gasteiger partial charge in [0, 0.05) is 50.9 Å². The van der Waals surface area contributed by atoms with Crippen molar-refractivity contribution in [1.82, 2.24) is 9.21 Å². The molecule has 0 saturated carbocycles. The van der Waals surface area contributed by atoms with Crippen molar-refractivity contribution in [3.05, 3.63) is 59.9 Å². The summed E-state index contributed by atoms with van der Waals surface area (Å²) in [6.45, 7) is 0.702. The standard InChI is InChI=1S/C22H22F3N3O4S/c23-16-2-4-20(5-3-16)33(31,32)27-7-1-6-26(8-9-27)22(30)15-10-21(29)28(14-15)19-12-17(24)11-18(25)13-19/h2-5,11-13,15H,1,6-10,14H2. The lowest BCUT2D eigenvalue weighted by atomic mass is 10.1. The molecule has 2 saturated heterocycles. The number of nitrogens with zero attached hydrogens (tertiary/aromatic N) is 3. The zero-order valence-electron chi connectivity index (χ0n) is 17.6. The van der Waals surface area contributed by atoms with E-state index in [2.05, 4.69) is 0 Å². The molecule has 7 nitrogen and oxygen atoms in total. The van der Waals surface area contributed by atoms with Gasteiger partial charge >= 0.3 is 0 Å². The van der Waals surface area contributed by atoms with Gasteiger partial charge in [0.05, 0.1) is 10.8 Å². The Morgan fingerprint density at radius 1 is 0.879 bits per heavy atom. The molecular weight excluding hydrogens is 459 g/mol. The molecule has 0 spiro atoms. The van der Waals surface area contributed by atoms with E-state index in [4.69, 9.17) is 0 Å². The van der Waals surface area contributed by atoms with Crippen molar-refractivity contribution in [2.75, 3.05) is 37.6 Å². The smallest absolute Gasteiger partial charge is 0.243 e. The number of carbonyl (C=O) groups is 2. The molecule has 1 atom stereocenters. The highest BCUT2D eigenvalue weighted by molar-refractivity contribution is 7.89. The molecule has 2 aromatic rings. The monoisotopic (exact) mass is 481 g/mol. The summed E-state index contributed by atoms with van der Waals surface area (Å²) in [5.41, 5.74) is 0.0558. The predicted octanol–water partition coefficient (Wildman–Crippen LogP) is 2.38. The first kappa shape index (κ1) is 23.2. The van der Waals surface area contributed by atoms with Crippen LogP contribution in [0.1, 0.15) is 12.8 Å². The minimum absolute atomic E-state index is 0.00531. The van der Waals surface area contributed by atoms with Gasteiger partial charge in [-0.1, -0.05) is 0 Å². The average Bonchev–Trinajstić information content (AvgIpc) is 2.98. The Bertz CT molecular complexity index is 1150. The molecule has 0 aromatic heterocycles. The Kier molecular flexibility index (Phi) is 6.44. The average molecular weight is 481 g/mol. The Morgan fingerprint density at radius 2 is 1.55 bits per heavy atom. The molecule has 2 aliphatic heterocycles. The summed E-state index contributed by atoms with van der Waals surface area (Å²) >= 11 is 0. The van der Waals surface area contributed by atoms with Crippen LogP contribution in [0.15, 0.2) is 47.4 Å². The quantitative estimate of drug-likeness (QED) is 0.672. The summed E-state index contributed by atoms with van der Waals surface area (Å²) < 4.78 is 67.3. The third-order valence-electron chi connectivity index (χ3n) is 5.85. The second-order valence-corrected chi connectivity index (χ2v) is 10.0. The number of rotatable bonds is 4. The third kappa shape index (κ3) is 4.88. The van der Waals surface area contributed by atoms with Gasteiger partial charge in [0.2, 0.25) is 21.8 Å². The minimum Gasteiger partial charge on any atom is -0.341 e. The summed E-state index contributed by atoms with van der Waals surface area (Å²) in [6, 6.07) is 7.34. The lowest BCUT2D eigenvalue weighted by Gasteiger charge is -2.24. The molecule has 2 aromatic carbocycles.